The Bertz CT molecular complexity index is 812. The number of rotatable bonds is 6. The van der Waals surface area contributed by atoms with Crippen LogP contribution in [0.25, 0.3) is 0 Å². The molecule has 0 aliphatic carbocycles. The largest absolute Gasteiger partial charge is 0.416 e. The smallest absolute Gasteiger partial charge is 0.306 e. The number of nitrogens with one attached hydrogen (secondary N) is 1. The Morgan fingerprint density at radius 1 is 1.04 bits per heavy atom. The summed E-state index contributed by atoms with van der Waals surface area (Å²) in [5.74, 6) is 0. The van der Waals surface area contributed by atoms with E-state index in [-0.39, 0.29) is 25.5 Å². The number of hydrogen-bond donors (Lipinski definition) is 1. The monoisotopic (exact) mass is 415 g/mol. The summed E-state index contributed by atoms with van der Waals surface area (Å²) in [6, 6.07) is 12.0. The van der Waals surface area contributed by atoms with Crippen LogP contribution in [0.2, 0.25) is 5.02 Å². The first-order chi connectivity index (χ1) is 12.3. The molecule has 2 rings (SSSR count). The minimum atomic E-state index is -4.35. The van der Waals surface area contributed by atoms with E-state index >= 15 is 0 Å². The standard InChI is InChI=1S/C19H17ClF3N3.ClH/c1-13(15-4-6-16(7-5-15)19(21,22)23)26-12-18(24)11-25-10-14-2-8-17(20)9-3-14;/h2-10,24H,11-12H2,1H3;1H. The van der Waals surface area contributed by atoms with Gasteiger partial charge in [-0.05, 0) is 42.3 Å². The predicted molar refractivity (Wildman–Crippen MR) is 107 cm³/mol. The van der Waals surface area contributed by atoms with Crippen molar-refractivity contribution in [3.05, 3.63) is 70.2 Å². The highest BCUT2D eigenvalue weighted by atomic mass is 35.5. The minimum absolute atomic E-state index is 0. The summed E-state index contributed by atoms with van der Waals surface area (Å²) in [6.07, 6.45) is -2.70. The summed E-state index contributed by atoms with van der Waals surface area (Å²) < 4.78 is 37.7. The normalized spacial score (nSPS) is 12.1. The summed E-state index contributed by atoms with van der Waals surface area (Å²) >= 11 is 5.80. The van der Waals surface area contributed by atoms with Crippen molar-refractivity contribution in [1.82, 2.24) is 0 Å². The maximum absolute atomic E-state index is 12.6. The first-order valence-electron chi connectivity index (χ1n) is 7.76. The van der Waals surface area contributed by atoms with Crippen LogP contribution >= 0.6 is 24.0 Å². The Labute approximate surface area is 166 Å². The van der Waals surface area contributed by atoms with Crippen molar-refractivity contribution in [2.45, 2.75) is 13.1 Å². The van der Waals surface area contributed by atoms with Gasteiger partial charge < -0.3 is 5.41 Å². The van der Waals surface area contributed by atoms with Crippen molar-refractivity contribution in [1.29, 1.82) is 5.41 Å². The molecule has 0 saturated carbocycles. The van der Waals surface area contributed by atoms with Crippen molar-refractivity contribution in [3.8, 4) is 0 Å². The highest BCUT2D eigenvalue weighted by Gasteiger charge is 2.29. The maximum atomic E-state index is 12.6. The molecule has 0 bridgehead atoms. The molecular weight excluding hydrogens is 398 g/mol. The van der Waals surface area contributed by atoms with Gasteiger partial charge in [0.25, 0.3) is 0 Å². The van der Waals surface area contributed by atoms with Crippen LogP contribution < -0.4 is 0 Å². The van der Waals surface area contributed by atoms with Gasteiger partial charge in [-0.15, -0.1) is 12.4 Å². The maximum Gasteiger partial charge on any atom is 0.416 e. The molecule has 2 aromatic carbocycles. The van der Waals surface area contributed by atoms with Crippen molar-refractivity contribution >= 4 is 41.6 Å². The third-order valence-corrected chi connectivity index (χ3v) is 3.78. The molecule has 144 valence electrons. The molecule has 0 amide bonds. The average molecular weight is 416 g/mol. The van der Waals surface area contributed by atoms with Gasteiger partial charge in [0.1, 0.15) is 0 Å². The highest BCUT2D eigenvalue weighted by molar-refractivity contribution is 6.30. The topological polar surface area (TPSA) is 48.6 Å². The molecule has 0 aromatic heterocycles. The fourth-order valence-electron chi connectivity index (χ4n) is 2.07. The van der Waals surface area contributed by atoms with Crippen LogP contribution in [0.1, 0.15) is 23.6 Å². The molecule has 0 fully saturated rings. The first kappa shape index (κ1) is 22.9. The van der Waals surface area contributed by atoms with Gasteiger partial charge >= 0.3 is 6.18 Å². The molecule has 0 aliphatic rings. The Morgan fingerprint density at radius 3 is 2.19 bits per heavy atom. The lowest BCUT2D eigenvalue weighted by Gasteiger charge is -2.07. The Hall–Kier alpha value is -2.18. The van der Waals surface area contributed by atoms with E-state index in [1.165, 1.54) is 12.1 Å². The molecule has 1 N–H and O–H groups in total. The summed E-state index contributed by atoms with van der Waals surface area (Å²) in [5, 5.41) is 8.51. The van der Waals surface area contributed by atoms with E-state index in [1.807, 2.05) is 12.1 Å². The van der Waals surface area contributed by atoms with Gasteiger partial charge in [-0.1, -0.05) is 35.9 Å². The average Bonchev–Trinajstić information content (AvgIpc) is 2.61. The van der Waals surface area contributed by atoms with Gasteiger partial charge in [-0.25, -0.2) is 0 Å². The lowest BCUT2D eigenvalue weighted by atomic mass is 10.1. The molecule has 0 aliphatic heterocycles. The lowest BCUT2D eigenvalue weighted by molar-refractivity contribution is -0.137. The van der Waals surface area contributed by atoms with Crippen LogP contribution in [0.4, 0.5) is 13.2 Å². The Balaban J connectivity index is 0.00000364. The molecule has 0 unspecified atom stereocenters. The molecule has 27 heavy (non-hydrogen) atoms. The second-order valence-electron chi connectivity index (χ2n) is 5.60. The van der Waals surface area contributed by atoms with Crippen LogP contribution in [-0.2, 0) is 6.18 Å². The van der Waals surface area contributed by atoms with Crippen LogP contribution in [0, 0.1) is 5.41 Å². The van der Waals surface area contributed by atoms with Gasteiger partial charge in [-0.2, -0.15) is 13.2 Å². The van der Waals surface area contributed by atoms with Gasteiger partial charge in [0.2, 0.25) is 0 Å². The van der Waals surface area contributed by atoms with Crippen LogP contribution in [0.15, 0.2) is 58.5 Å². The lowest BCUT2D eigenvalue weighted by Crippen LogP contribution is -2.09. The van der Waals surface area contributed by atoms with Gasteiger partial charge in [-0.3, -0.25) is 9.98 Å². The van der Waals surface area contributed by atoms with Gasteiger partial charge in [0.15, 0.2) is 0 Å². The second kappa shape index (κ2) is 10.2. The summed E-state index contributed by atoms with van der Waals surface area (Å²) in [4.78, 5) is 8.42. The van der Waals surface area contributed by atoms with Crippen molar-refractivity contribution in [3.63, 3.8) is 0 Å². The fraction of sp³-hybridized carbons (Fsp3) is 0.211. The summed E-state index contributed by atoms with van der Waals surface area (Å²) in [5.41, 5.74) is 1.66. The van der Waals surface area contributed by atoms with E-state index in [0.717, 1.165) is 17.7 Å². The molecule has 0 radical (unpaired) electrons. The molecule has 3 nitrogen and oxygen atoms in total. The first-order valence-corrected chi connectivity index (χ1v) is 8.14. The molecule has 2 aromatic rings. The molecule has 0 spiro atoms. The third-order valence-electron chi connectivity index (χ3n) is 3.53. The number of benzene rings is 2. The van der Waals surface area contributed by atoms with Crippen LogP contribution in [0.5, 0.6) is 0 Å². The molecule has 8 heteroatoms. The number of hydrogen-bond acceptors (Lipinski definition) is 3. The Morgan fingerprint density at radius 2 is 1.63 bits per heavy atom. The predicted octanol–water partition coefficient (Wildman–Crippen LogP) is 5.73. The van der Waals surface area contributed by atoms with Crippen molar-refractivity contribution in [2.75, 3.05) is 13.1 Å². The third kappa shape index (κ3) is 7.53. The Kier molecular flexibility index (Phi) is 8.66. The number of nitrogens with zero attached hydrogens (tertiary/aromatic N) is 2. The zero-order chi connectivity index (χ0) is 19.2. The van der Waals surface area contributed by atoms with E-state index in [9.17, 15) is 13.2 Å². The molecular formula is C19H18Cl2F3N3. The number of aliphatic imine (C=N–C) groups is 2. The van der Waals surface area contributed by atoms with E-state index in [2.05, 4.69) is 9.98 Å². The van der Waals surface area contributed by atoms with E-state index in [0.29, 0.717) is 22.0 Å². The highest BCUT2D eigenvalue weighted by Crippen LogP contribution is 2.29. The van der Waals surface area contributed by atoms with E-state index in [4.69, 9.17) is 17.0 Å². The number of alkyl halides is 3. The van der Waals surface area contributed by atoms with E-state index in [1.54, 1.807) is 25.3 Å². The zero-order valence-corrected chi connectivity index (χ0v) is 16.0. The van der Waals surface area contributed by atoms with Crippen molar-refractivity contribution < 1.29 is 13.2 Å². The second-order valence-corrected chi connectivity index (χ2v) is 6.04. The van der Waals surface area contributed by atoms with Crippen molar-refractivity contribution in [2.24, 2.45) is 9.98 Å². The molecule has 0 saturated heterocycles. The van der Waals surface area contributed by atoms with Crippen LogP contribution in [0.3, 0.4) is 0 Å². The van der Waals surface area contributed by atoms with Crippen LogP contribution in [-0.4, -0.2) is 30.7 Å². The zero-order valence-electron chi connectivity index (χ0n) is 14.4. The SMILES string of the molecule is CC(=NCC(=N)CN=Cc1ccc(Cl)cc1)c1ccc(C(F)(F)F)cc1.Cl. The quantitative estimate of drug-likeness (QED) is 0.585. The minimum Gasteiger partial charge on any atom is -0.306 e. The summed E-state index contributed by atoms with van der Waals surface area (Å²) in [6.45, 7) is 2.05. The fourth-order valence-corrected chi connectivity index (χ4v) is 2.19. The van der Waals surface area contributed by atoms with Gasteiger partial charge in [0, 0.05) is 16.9 Å². The molecule has 0 heterocycles. The van der Waals surface area contributed by atoms with E-state index < -0.39 is 11.7 Å². The number of halogens is 5. The van der Waals surface area contributed by atoms with Gasteiger partial charge in [0.05, 0.1) is 24.4 Å². The molecule has 0 atom stereocenters. The summed E-state index contributed by atoms with van der Waals surface area (Å²) in [7, 11) is 0.